The average molecular weight is 380 g/mol. The van der Waals surface area contributed by atoms with Gasteiger partial charge in [0.05, 0.1) is 0 Å². The Morgan fingerprint density at radius 2 is 1.39 bits per heavy atom. The Labute approximate surface area is 168 Å². The maximum atomic E-state index is 6.54. The van der Waals surface area contributed by atoms with E-state index in [1.165, 1.54) is 16.3 Å². The summed E-state index contributed by atoms with van der Waals surface area (Å²) in [6.45, 7) is 0. The standard InChI is InChI=1S/C26H18ClN/c27-20-16-23(26-21-13-7-8-14-24(21)28-25(26)17-20)22(19-11-5-2-6-12-19)15-18-9-3-1-4-10-18/h1-17,28H/b22-15+. The quantitative estimate of drug-likeness (QED) is 0.311. The van der Waals surface area contributed by atoms with Crippen LogP contribution in [0.2, 0.25) is 5.02 Å². The summed E-state index contributed by atoms with van der Waals surface area (Å²) in [4.78, 5) is 3.52. The first-order valence-electron chi connectivity index (χ1n) is 9.32. The Balaban J connectivity index is 1.87. The maximum absolute atomic E-state index is 6.54. The Morgan fingerprint density at radius 1 is 0.714 bits per heavy atom. The van der Waals surface area contributed by atoms with Gasteiger partial charge in [-0.3, -0.25) is 0 Å². The van der Waals surface area contributed by atoms with Crippen molar-refractivity contribution in [2.75, 3.05) is 0 Å². The molecule has 0 fully saturated rings. The molecule has 1 aromatic heterocycles. The lowest BCUT2D eigenvalue weighted by atomic mass is 9.92. The van der Waals surface area contributed by atoms with Crippen molar-refractivity contribution in [1.82, 2.24) is 4.98 Å². The molecule has 0 spiro atoms. The Bertz CT molecular complexity index is 1300. The van der Waals surface area contributed by atoms with Crippen molar-refractivity contribution in [3.8, 4) is 0 Å². The smallest absolute Gasteiger partial charge is 0.0486 e. The summed E-state index contributed by atoms with van der Waals surface area (Å²) >= 11 is 6.54. The lowest BCUT2D eigenvalue weighted by Gasteiger charge is -2.12. The summed E-state index contributed by atoms with van der Waals surface area (Å²) in [6.07, 6.45) is 2.24. The second kappa shape index (κ2) is 7.03. The molecule has 0 unspecified atom stereocenters. The summed E-state index contributed by atoms with van der Waals surface area (Å²) in [5.41, 5.74) is 6.79. The van der Waals surface area contributed by atoms with Crippen molar-refractivity contribution in [2.45, 2.75) is 0 Å². The van der Waals surface area contributed by atoms with E-state index in [1.54, 1.807) is 0 Å². The molecule has 0 radical (unpaired) electrons. The maximum Gasteiger partial charge on any atom is 0.0486 e. The van der Waals surface area contributed by atoms with Gasteiger partial charge in [-0.2, -0.15) is 0 Å². The summed E-state index contributed by atoms with van der Waals surface area (Å²) < 4.78 is 0. The predicted octanol–water partition coefficient (Wildman–Crippen LogP) is 7.56. The first-order valence-corrected chi connectivity index (χ1v) is 9.70. The highest BCUT2D eigenvalue weighted by molar-refractivity contribution is 6.32. The van der Waals surface area contributed by atoms with E-state index >= 15 is 0 Å². The number of nitrogens with one attached hydrogen (secondary N) is 1. The molecular weight excluding hydrogens is 362 g/mol. The number of hydrogen-bond donors (Lipinski definition) is 1. The van der Waals surface area contributed by atoms with E-state index in [2.05, 4.69) is 89.9 Å². The third-order valence-corrected chi connectivity index (χ3v) is 5.27. The number of para-hydroxylation sites is 1. The van der Waals surface area contributed by atoms with Gasteiger partial charge in [0.2, 0.25) is 0 Å². The molecular formula is C26H18ClN. The minimum absolute atomic E-state index is 0.726. The van der Waals surface area contributed by atoms with Crippen LogP contribution in [0.4, 0.5) is 0 Å². The van der Waals surface area contributed by atoms with Crippen molar-refractivity contribution in [2.24, 2.45) is 0 Å². The van der Waals surface area contributed by atoms with Gasteiger partial charge in [0, 0.05) is 26.8 Å². The van der Waals surface area contributed by atoms with Crippen LogP contribution in [0.3, 0.4) is 0 Å². The molecule has 0 atom stereocenters. The number of aromatic nitrogens is 1. The van der Waals surface area contributed by atoms with Crippen LogP contribution in [0.15, 0.2) is 97.1 Å². The summed E-state index contributed by atoms with van der Waals surface area (Å²) in [5, 5.41) is 3.13. The lowest BCUT2D eigenvalue weighted by molar-refractivity contribution is 1.53. The van der Waals surface area contributed by atoms with Crippen molar-refractivity contribution in [3.63, 3.8) is 0 Å². The molecule has 0 saturated carbocycles. The highest BCUT2D eigenvalue weighted by Gasteiger charge is 2.15. The minimum Gasteiger partial charge on any atom is -0.354 e. The van der Waals surface area contributed by atoms with Crippen LogP contribution in [-0.2, 0) is 0 Å². The molecule has 0 saturated heterocycles. The molecule has 134 valence electrons. The van der Waals surface area contributed by atoms with Crippen LogP contribution in [-0.4, -0.2) is 4.98 Å². The van der Waals surface area contributed by atoms with E-state index in [4.69, 9.17) is 11.6 Å². The molecule has 1 heterocycles. The third-order valence-electron chi connectivity index (χ3n) is 5.05. The zero-order valence-electron chi connectivity index (χ0n) is 15.2. The van der Waals surface area contributed by atoms with Gasteiger partial charge in [-0.1, -0.05) is 90.5 Å². The number of aromatic amines is 1. The fourth-order valence-electron chi connectivity index (χ4n) is 3.81. The van der Waals surface area contributed by atoms with Gasteiger partial charge >= 0.3 is 0 Å². The summed E-state index contributed by atoms with van der Waals surface area (Å²) in [6, 6.07) is 33.4. The number of rotatable bonds is 3. The number of halogens is 1. The van der Waals surface area contributed by atoms with Crippen LogP contribution < -0.4 is 0 Å². The largest absolute Gasteiger partial charge is 0.354 e. The fourth-order valence-corrected chi connectivity index (χ4v) is 4.03. The third kappa shape index (κ3) is 3.00. The molecule has 28 heavy (non-hydrogen) atoms. The van der Waals surface area contributed by atoms with Gasteiger partial charge in [0.25, 0.3) is 0 Å². The first kappa shape index (κ1) is 16.9. The zero-order chi connectivity index (χ0) is 18.9. The molecule has 4 aromatic carbocycles. The van der Waals surface area contributed by atoms with Crippen molar-refractivity contribution >= 4 is 45.1 Å². The topological polar surface area (TPSA) is 15.8 Å². The van der Waals surface area contributed by atoms with Crippen molar-refractivity contribution in [3.05, 3.63) is 119 Å². The fraction of sp³-hybridized carbons (Fsp3) is 0. The van der Waals surface area contributed by atoms with Gasteiger partial charge in [-0.15, -0.1) is 0 Å². The Kier molecular flexibility index (Phi) is 4.23. The number of hydrogen-bond acceptors (Lipinski definition) is 0. The molecule has 5 rings (SSSR count). The lowest BCUT2D eigenvalue weighted by Crippen LogP contribution is -1.90. The van der Waals surface area contributed by atoms with E-state index in [0.29, 0.717) is 0 Å². The van der Waals surface area contributed by atoms with Crippen molar-refractivity contribution in [1.29, 1.82) is 0 Å². The predicted molar refractivity (Wildman–Crippen MR) is 121 cm³/mol. The van der Waals surface area contributed by atoms with Gasteiger partial charge in [-0.05, 0) is 46.5 Å². The molecule has 2 heteroatoms. The Hall–Kier alpha value is -3.29. The zero-order valence-corrected chi connectivity index (χ0v) is 15.9. The highest BCUT2D eigenvalue weighted by Crippen LogP contribution is 2.37. The monoisotopic (exact) mass is 379 g/mol. The Morgan fingerprint density at radius 3 is 2.18 bits per heavy atom. The van der Waals surface area contributed by atoms with Crippen molar-refractivity contribution < 1.29 is 0 Å². The molecule has 1 N–H and O–H groups in total. The molecule has 0 bridgehead atoms. The normalized spacial score (nSPS) is 12.0. The van der Waals surface area contributed by atoms with Gasteiger partial charge in [-0.25, -0.2) is 0 Å². The number of benzene rings is 4. The van der Waals surface area contributed by atoms with E-state index < -0.39 is 0 Å². The van der Waals surface area contributed by atoms with Crippen LogP contribution in [0.25, 0.3) is 33.5 Å². The molecule has 0 aliphatic carbocycles. The van der Waals surface area contributed by atoms with Gasteiger partial charge < -0.3 is 4.98 Å². The van der Waals surface area contributed by atoms with E-state index in [1.807, 2.05) is 18.2 Å². The molecule has 5 aromatic rings. The SMILES string of the molecule is Clc1cc(/C(=C/c2ccccc2)c2ccccc2)c2c(c1)[nH]c1ccccc12. The summed E-state index contributed by atoms with van der Waals surface area (Å²) in [7, 11) is 0. The minimum atomic E-state index is 0.726. The molecule has 0 amide bonds. The van der Waals surface area contributed by atoms with Gasteiger partial charge in [0.15, 0.2) is 0 Å². The molecule has 0 aliphatic rings. The van der Waals surface area contributed by atoms with E-state index in [9.17, 15) is 0 Å². The molecule has 1 nitrogen and oxygen atoms in total. The van der Waals surface area contributed by atoms with Crippen LogP contribution >= 0.6 is 11.6 Å². The van der Waals surface area contributed by atoms with E-state index in [-0.39, 0.29) is 0 Å². The number of fused-ring (bicyclic) bond motifs is 3. The van der Waals surface area contributed by atoms with Gasteiger partial charge in [0.1, 0.15) is 0 Å². The summed E-state index contributed by atoms with van der Waals surface area (Å²) in [5.74, 6) is 0. The average Bonchev–Trinajstić information content (AvgIpc) is 3.11. The highest BCUT2D eigenvalue weighted by atomic mass is 35.5. The second-order valence-corrected chi connectivity index (χ2v) is 7.32. The second-order valence-electron chi connectivity index (χ2n) is 6.88. The van der Waals surface area contributed by atoms with E-state index in [0.717, 1.165) is 32.8 Å². The number of H-pyrrole nitrogens is 1. The van der Waals surface area contributed by atoms with Crippen LogP contribution in [0.1, 0.15) is 16.7 Å². The van der Waals surface area contributed by atoms with Crippen LogP contribution in [0, 0.1) is 0 Å². The van der Waals surface area contributed by atoms with Crippen LogP contribution in [0.5, 0.6) is 0 Å². The first-order chi connectivity index (χ1) is 13.8. The molecule has 0 aliphatic heterocycles.